The van der Waals surface area contributed by atoms with E-state index >= 15 is 0 Å². The van der Waals surface area contributed by atoms with E-state index in [-0.39, 0.29) is 0 Å². The molecule has 0 saturated carbocycles. The second-order valence-electron chi connectivity index (χ2n) is 3.96. The van der Waals surface area contributed by atoms with Crippen molar-refractivity contribution in [1.29, 1.82) is 0 Å². The third-order valence-electron chi connectivity index (χ3n) is 2.47. The van der Waals surface area contributed by atoms with Gasteiger partial charge in [-0.25, -0.2) is 9.78 Å². The summed E-state index contributed by atoms with van der Waals surface area (Å²) in [6.07, 6.45) is -2.91. The van der Waals surface area contributed by atoms with Crippen molar-refractivity contribution >= 4 is 22.8 Å². The molecule has 2 aromatic rings. The highest BCUT2D eigenvalue weighted by Gasteiger charge is 2.23. The van der Waals surface area contributed by atoms with Crippen LogP contribution in [0.25, 0.3) is 10.9 Å². The van der Waals surface area contributed by atoms with Gasteiger partial charge in [0.1, 0.15) is 6.10 Å². The fraction of sp³-hybridized carbons (Fsp3) is 0.154. The lowest BCUT2D eigenvalue weighted by molar-refractivity contribution is -0.345. The van der Waals surface area contributed by atoms with Crippen LogP contribution < -0.4 is 10.1 Å². The van der Waals surface area contributed by atoms with Crippen LogP contribution in [0.2, 0.25) is 0 Å². The Morgan fingerprint density at radius 2 is 1.71 bits per heavy atom. The van der Waals surface area contributed by atoms with Crippen LogP contribution in [0.5, 0.6) is 5.75 Å². The number of nitrogens with one attached hydrogen (secondary N) is 1. The molecule has 0 aliphatic heterocycles. The van der Waals surface area contributed by atoms with Crippen LogP contribution in [0.15, 0.2) is 36.5 Å². The normalized spacial score (nSPS) is 12.9. The predicted octanol–water partition coefficient (Wildman–Crippen LogP) is -2.10. The molecule has 2 atom stereocenters. The van der Waals surface area contributed by atoms with Gasteiger partial charge in [0.2, 0.25) is 0 Å². The van der Waals surface area contributed by atoms with Crippen LogP contribution in [0.4, 0.5) is 0 Å². The van der Waals surface area contributed by atoms with E-state index in [1.54, 1.807) is 12.3 Å². The summed E-state index contributed by atoms with van der Waals surface area (Å²) in [6.45, 7) is 0. The van der Waals surface area contributed by atoms with Crippen LogP contribution >= 0.6 is 0 Å². The lowest BCUT2D eigenvalue weighted by Gasteiger charge is -2.13. The van der Waals surface area contributed by atoms with Gasteiger partial charge >= 0.3 is 5.97 Å². The Labute approximate surface area is 118 Å². The van der Waals surface area contributed by atoms with Crippen molar-refractivity contribution in [3.8, 4) is 5.75 Å². The van der Waals surface area contributed by atoms with Crippen LogP contribution in [0.1, 0.15) is 0 Å². The second kappa shape index (κ2) is 7.17. The molecule has 0 fully saturated rings. The number of carbonyl (C=O) groups excluding carboxylic acids is 1. The molecule has 1 aromatic heterocycles. The molecule has 0 radical (unpaired) electrons. The van der Waals surface area contributed by atoms with Gasteiger partial charge in [0, 0.05) is 6.07 Å². The molecule has 2 unspecified atom stereocenters. The highest BCUT2D eigenvalue weighted by Crippen LogP contribution is 2.18. The van der Waals surface area contributed by atoms with E-state index in [0.717, 1.165) is 10.9 Å². The summed E-state index contributed by atoms with van der Waals surface area (Å²) in [5.41, 5.74) is 0.787. The summed E-state index contributed by atoms with van der Waals surface area (Å²) in [7, 11) is 0. The highest BCUT2D eigenvalue weighted by molar-refractivity contribution is 5.82. The van der Waals surface area contributed by atoms with E-state index in [1.165, 1.54) is 0 Å². The van der Waals surface area contributed by atoms with Crippen molar-refractivity contribution in [2.24, 2.45) is 0 Å². The predicted molar refractivity (Wildman–Crippen MR) is 66.8 cm³/mol. The maximum atomic E-state index is 9.74. The summed E-state index contributed by atoms with van der Waals surface area (Å²) in [5.74, 6) is -3.53. The molecule has 112 valence electrons. The minimum atomic E-state index is -2.38. The fourth-order valence-corrected chi connectivity index (χ4v) is 1.40. The van der Waals surface area contributed by atoms with Gasteiger partial charge in [-0.1, -0.05) is 6.07 Å². The van der Waals surface area contributed by atoms with Gasteiger partial charge in [-0.3, -0.25) is 0 Å². The molecule has 1 heterocycles. The minimum Gasteiger partial charge on any atom is -0.547 e. The standard InChI is InChI=1S/C9H7NO.C4H6O6/c11-8-5-1-3-7-4-2-6-10-9(7)8;5-1(3(7)8)2(6)4(9)10/h1-6,11H;1-2,5-6H,(H,7,8)(H,9,10). The molecule has 0 amide bonds. The Morgan fingerprint density at radius 1 is 1.10 bits per heavy atom. The summed E-state index contributed by atoms with van der Waals surface area (Å²) in [5, 5.41) is 44.5. The number of H-pyrrole nitrogens is 1. The second-order valence-corrected chi connectivity index (χ2v) is 3.96. The molecule has 0 saturated heterocycles. The zero-order chi connectivity index (χ0) is 16.0. The van der Waals surface area contributed by atoms with E-state index in [2.05, 4.69) is 4.98 Å². The lowest BCUT2D eigenvalue weighted by atomic mass is 10.2. The smallest absolute Gasteiger partial charge is 0.335 e. The van der Waals surface area contributed by atoms with Gasteiger partial charge in [0.05, 0.1) is 11.4 Å². The molecule has 0 aliphatic rings. The van der Waals surface area contributed by atoms with Crippen LogP contribution in [-0.2, 0) is 9.59 Å². The number of benzene rings is 1. The number of hydrogen-bond donors (Lipinski definition) is 4. The number of para-hydroxylation sites is 1. The molecule has 0 bridgehead atoms. The molecule has 8 heteroatoms. The van der Waals surface area contributed by atoms with Crippen molar-refractivity contribution in [2.45, 2.75) is 12.2 Å². The van der Waals surface area contributed by atoms with Gasteiger partial charge < -0.3 is 30.3 Å². The van der Waals surface area contributed by atoms with Crippen molar-refractivity contribution < 1.29 is 40.1 Å². The molecular formula is C13H13NO7. The molecule has 21 heavy (non-hydrogen) atoms. The molecular weight excluding hydrogens is 282 g/mol. The van der Waals surface area contributed by atoms with E-state index in [4.69, 9.17) is 15.3 Å². The number of aliphatic hydroxyl groups excluding tert-OH is 2. The number of aromatic hydroxyl groups is 1. The molecule has 2 rings (SSSR count). The Bertz CT molecular complexity index is 620. The number of carbonyl (C=O) groups is 2. The first kappa shape index (κ1) is 16.3. The molecule has 0 aliphatic carbocycles. The number of rotatable bonds is 3. The number of phenolic OH excluding ortho intramolecular Hbond substituents is 1. The lowest BCUT2D eigenvalue weighted by Crippen LogP contribution is -2.46. The summed E-state index contributed by atoms with van der Waals surface area (Å²) in [6, 6.07) is 9.29. The van der Waals surface area contributed by atoms with Crippen molar-refractivity contribution in [3.05, 3.63) is 36.5 Å². The quantitative estimate of drug-likeness (QED) is 0.506. The molecule has 1 aromatic carbocycles. The third kappa shape index (κ3) is 4.41. The van der Waals surface area contributed by atoms with Crippen LogP contribution in [0.3, 0.4) is 0 Å². The monoisotopic (exact) mass is 295 g/mol. The number of fused-ring (bicyclic) bond motifs is 1. The van der Waals surface area contributed by atoms with Gasteiger partial charge in [-0.15, -0.1) is 0 Å². The first-order valence-electron chi connectivity index (χ1n) is 5.72. The Balaban J connectivity index is 0.000000212. The number of pyridine rings is 1. The summed E-state index contributed by atoms with van der Waals surface area (Å²) < 4.78 is 0. The van der Waals surface area contributed by atoms with E-state index in [1.807, 2.05) is 24.3 Å². The van der Waals surface area contributed by atoms with E-state index in [9.17, 15) is 19.8 Å². The average Bonchev–Trinajstić information content (AvgIpc) is 2.46. The highest BCUT2D eigenvalue weighted by atomic mass is 16.4. The maximum Gasteiger partial charge on any atom is 0.335 e. The SMILES string of the molecule is O=C([O-])C(O)C(O)C(=O)O.Oc1cccc2ccc[nH+]c12. The Hall–Kier alpha value is -2.71. The fourth-order valence-electron chi connectivity index (χ4n) is 1.40. The third-order valence-corrected chi connectivity index (χ3v) is 2.47. The van der Waals surface area contributed by atoms with Gasteiger partial charge in [-0.05, 0) is 18.2 Å². The van der Waals surface area contributed by atoms with Crippen LogP contribution in [-0.4, -0.2) is 44.6 Å². The summed E-state index contributed by atoms with van der Waals surface area (Å²) >= 11 is 0. The number of aliphatic hydroxyl groups is 2. The van der Waals surface area contributed by atoms with Gasteiger partial charge in [0.15, 0.2) is 18.1 Å². The van der Waals surface area contributed by atoms with E-state index < -0.39 is 24.1 Å². The van der Waals surface area contributed by atoms with Crippen molar-refractivity contribution in [2.75, 3.05) is 0 Å². The molecule has 5 N–H and O–H groups in total. The number of hydrogen-bond acceptors (Lipinski definition) is 6. The zero-order valence-corrected chi connectivity index (χ0v) is 10.6. The largest absolute Gasteiger partial charge is 0.547 e. The molecule has 0 spiro atoms. The van der Waals surface area contributed by atoms with E-state index in [0.29, 0.717) is 5.75 Å². The number of aliphatic carboxylic acids is 2. The topological polar surface area (TPSA) is 152 Å². The minimum absolute atomic E-state index is 0.295. The van der Waals surface area contributed by atoms with Crippen molar-refractivity contribution in [1.82, 2.24) is 0 Å². The van der Waals surface area contributed by atoms with Gasteiger partial charge in [-0.2, -0.15) is 0 Å². The first-order valence-corrected chi connectivity index (χ1v) is 5.72. The average molecular weight is 295 g/mol. The number of carboxylic acid groups (broad SMARTS) is 2. The number of aromatic amines is 1. The van der Waals surface area contributed by atoms with Gasteiger partial charge in [0.25, 0.3) is 5.52 Å². The van der Waals surface area contributed by atoms with Crippen molar-refractivity contribution in [3.63, 3.8) is 0 Å². The number of phenols is 1. The summed E-state index contributed by atoms with van der Waals surface area (Å²) in [4.78, 5) is 22.4. The molecule has 8 nitrogen and oxygen atoms in total. The van der Waals surface area contributed by atoms with Crippen LogP contribution in [0, 0.1) is 0 Å². The number of carboxylic acids is 2. The first-order chi connectivity index (χ1) is 9.84. The Kier molecular flexibility index (Phi) is 5.58. The maximum absolute atomic E-state index is 9.74. The Morgan fingerprint density at radius 3 is 2.19 bits per heavy atom. The zero-order valence-electron chi connectivity index (χ0n) is 10.6. The number of aromatic nitrogens is 1.